The number of amides is 2. The van der Waals surface area contributed by atoms with Crippen LogP contribution in [0.3, 0.4) is 0 Å². The predicted octanol–water partition coefficient (Wildman–Crippen LogP) is 5.04. The molecule has 5 rings (SSSR count). The Morgan fingerprint density at radius 3 is 2.05 bits per heavy atom. The second kappa shape index (κ2) is 11.4. The summed E-state index contributed by atoms with van der Waals surface area (Å²) in [5.74, 6) is 0.983. The van der Waals surface area contributed by atoms with Gasteiger partial charge in [-0.25, -0.2) is 0 Å². The average Bonchev–Trinajstić information content (AvgIpc) is 3.41. The fraction of sp³-hybridized carbons (Fsp3) is 0.161. The number of carbonyl (C=O) groups excluding carboxylic acids is 2. The van der Waals surface area contributed by atoms with Crippen molar-refractivity contribution in [3.05, 3.63) is 131 Å². The molecule has 0 saturated heterocycles. The maximum Gasteiger partial charge on any atom is 0.247 e. The Balaban J connectivity index is 1.43. The van der Waals surface area contributed by atoms with Gasteiger partial charge in [-0.15, -0.1) is 0 Å². The predicted molar refractivity (Wildman–Crippen MR) is 141 cm³/mol. The number of nitrogens with one attached hydrogen (secondary N) is 1. The van der Waals surface area contributed by atoms with Crippen molar-refractivity contribution in [1.82, 2.24) is 10.2 Å². The molecule has 0 bridgehead atoms. The third-order valence-corrected chi connectivity index (χ3v) is 6.29. The molecule has 6 heteroatoms. The lowest BCUT2D eigenvalue weighted by Gasteiger charge is -2.32. The molecule has 37 heavy (non-hydrogen) atoms. The van der Waals surface area contributed by atoms with E-state index in [0.29, 0.717) is 24.6 Å². The summed E-state index contributed by atoms with van der Waals surface area (Å²) in [6.07, 6.45) is 0.201. The van der Waals surface area contributed by atoms with Crippen LogP contribution in [-0.2, 0) is 29.1 Å². The van der Waals surface area contributed by atoms with Crippen molar-refractivity contribution in [2.75, 3.05) is 6.79 Å². The van der Waals surface area contributed by atoms with E-state index in [1.807, 2.05) is 109 Å². The number of hydrogen-bond donors (Lipinski definition) is 1. The second-order valence-corrected chi connectivity index (χ2v) is 8.89. The molecule has 0 aromatic heterocycles. The zero-order valence-corrected chi connectivity index (χ0v) is 20.4. The molecule has 0 spiro atoms. The molecule has 1 atom stereocenters. The van der Waals surface area contributed by atoms with Crippen LogP contribution in [-0.4, -0.2) is 23.5 Å². The summed E-state index contributed by atoms with van der Waals surface area (Å²) in [5.41, 5.74) is 3.49. The summed E-state index contributed by atoms with van der Waals surface area (Å²) in [5, 5.41) is 3.04. The number of hydrogen-bond acceptors (Lipinski definition) is 4. The molecule has 4 aromatic rings. The lowest BCUT2D eigenvalue weighted by molar-refractivity contribution is -0.141. The average molecular weight is 493 g/mol. The molecule has 0 saturated carbocycles. The van der Waals surface area contributed by atoms with E-state index in [0.717, 1.165) is 22.3 Å². The first-order chi connectivity index (χ1) is 18.2. The topological polar surface area (TPSA) is 67.9 Å². The molecule has 186 valence electrons. The normalized spacial score (nSPS) is 12.5. The van der Waals surface area contributed by atoms with E-state index in [1.165, 1.54) is 0 Å². The van der Waals surface area contributed by atoms with Crippen LogP contribution >= 0.6 is 0 Å². The van der Waals surface area contributed by atoms with Crippen LogP contribution in [0.25, 0.3) is 0 Å². The number of ether oxygens (including phenoxy) is 2. The van der Waals surface area contributed by atoms with Crippen molar-refractivity contribution in [3.63, 3.8) is 0 Å². The number of carbonyl (C=O) groups is 2. The summed E-state index contributed by atoms with van der Waals surface area (Å²) in [4.78, 5) is 29.2. The minimum absolute atomic E-state index is 0.123. The molecule has 1 heterocycles. The highest BCUT2D eigenvalue weighted by atomic mass is 16.7. The van der Waals surface area contributed by atoms with E-state index in [2.05, 4.69) is 5.32 Å². The first-order valence-corrected chi connectivity index (χ1v) is 12.3. The van der Waals surface area contributed by atoms with Crippen LogP contribution in [0.5, 0.6) is 11.5 Å². The van der Waals surface area contributed by atoms with Crippen molar-refractivity contribution >= 4 is 11.8 Å². The molecule has 0 aliphatic carbocycles. The van der Waals surface area contributed by atoms with E-state index in [9.17, 15) is 9.59 Å². The van der Waals surface area contributed by atoms with Gasteiger partial charge in [0.1, 0.15) is 6.04 Å². The minimum Gasteiger partial charge on any atom is -0.454 e. The van der Waals surface area contributed by atoms with Gasteiger partial charge in [0.15, 0.2) is 11.5 Å². The van der Waals surface area contributed by atoms with Gasteiger partial charge in [0.2, 0.25) is 18.6 Å². The second-order valence-electron chi connectivity index (χ2n) is 8.89. The van der Waals surface area contributed by atoms with Crippen LogP contribution in [0, 0.1) is 0 Å². The van der Waals surface area contributed by atoms with Gasteiger partial charge in [0, 0.05) is 13.1 Å². The molecule has 0 fully saturated rings. The lowest BCUT2D eigenvalue weighted by Crippen LogP contribution is -2.43. The Labute approximate surface area is 216 Å². The zero-order valence-electron chi connectivity index (χ0n) is 20.4. The van der Waals surface area contributed by atoms with Gasteiger partial charge in [0.05, 0.1) is 6.42 Å². The van der Waals surface area contributed by atoms with E-state index >= 15 is 0 Å². The van der Waals surface area contributed by atoms with E-state index < -0.39 is 6.04 Å². The molecule has 0 radical (unpaired) electrons. The first-order valence-electron chi connectivity index (χ1n) is 12.3. The highest BCUT2D eigenvalue weighted by Crippen LogP contribution is 2.32. The van der Waals surface area contributed by atoms with Crippen molar-refractivity contribution < 1.29 is 19.1 Å². The van der Waals surface area contributed by atoms with Gasteiger partial charge >= 0.3 is 0 Å². The van der Waals surface area contributed by atoms with Gasteiger partial charge in [-0.3, -0.25) is 9.59 Å². The van der Waals surface area contributed by atoms with Gasteiger partial charge in [0.25, 0.3) is 0 Å². The smallest absolute Gasteiger partial charge is 0.247 e. The highest BCUT2D eigenvalue weighted by molar-refractivity contribution is 5.89. The monoisotopic (exact) mass is 492 g/mol. The van der Waals surface area contributed by atoms with Crippen LogP contribution in [0.4, 0.5) is 0 Å². The van der Waals surface area contributed by atoms with Crippen LogP contribution in [0.15, 0.2) is 109 Å². The maximum absolute atomic E-state index is 13.8. The van der Waals surface area contributed by atoms with Crippen LogP contribution < -0.4 is 14.8 Å². The van der Waals surface area contributed by atoms with Crippen LogP contribution in [0.1, 0.15) is 28.3 Å². The molecular formula is C31H28N2O4. The van der Waals surface area contributed by atoms with Crippen LogP contribution in [0.2, 0.25) is 0 Å². The molecular weight excluding hydrogens is 464 g/mol. The molecule has 6 nitrogen and oxygen atoms in total. The summed E-state index contributed by atoms with van der Waals surface area (Å²) in [6, 6.07) is 33.6. The Bertz CT molecular complexity index is 1340. The molecule has 2 amide bonds. The van der Waals surface area contributed by atoms with Crippen molar-refractivity contribution in [2.24, 2.45) is 0 Å². The largest absolute Gasteiger partial charge is 0.454 e. The fourth-order valence-electron chi connectivity index (χ4n) is 4.42. The summed E-state index contributed by atoms with van der Waals surface area (Å²) in [6.45, 7) is 0.799. The molecule has 0 unspecified atom stereocenters. The standard InChI is InChI=1S/C31H28N2O4/c34-29(19-23-10-4-1-5-11-23)33(21-24-12-6-2-7-13-24)30(26-14-8-3-9-15-26)31(35)32-20-25-16-17-27-28(18-25)37-22-36-27/h1-18,30H,19-22H2,(H,32,35)/t30-/m0/s1. The third kappa shape index (κ3) is 5.98. The summed E-state index contributed by atoms with van der Waals surface area (Å²) < 4.78 is 10.9. The molecule has 1 aliphatic rings. The van der Waals surface area contributed by atoms with E-state index in [-0.39, 0.29) is 25.0 Å². The van der Waals surface area contributed by atoms with Crippen molar-refractivity contribution in [1.29, 1.82) is 0 Å². The number of fused-ring (bicyclic) bond motifs is 1. The first kappa shape index (κ1) is 24.1. The maximum atomic E-state index is 13.8. The Hall–Kier alpha value is -4.58. The summed E-state index contributed by atoms with van der Waals surface area (Å²) >= 11 is 0. The van der Waals surface area contributed by atoms with E-state index in [1.54, 1.807) is 4.90 Å². The minimum atomic E-state index is -0.799. The molecule has 1 aliphatic heterocycles. The lowest BCUT2D eigenvalue weighted by atomic mass is 10.0. The van der Waals surface area contributed by atoms with Gasteiger partial charge in [-0.05, 0) is 34.4 Å². The quantitative estimate of drug-likeness (QED) is 0.355. The van der Waals surface area contributed by atoms with Crippen molar-refractivity contribution in [2.45, 2.75) is 25.6 Å². The Morgan fingerprint density at radius 2 is 1.35 bits per heavy atom. The number of rotatable bonds is 9. The summed E-state index contributed by atoms with van der Waals surface area (Å²) in [7, 11) is 0. The Kier molecular flexibility index (Phi) is 7.46. The van der Waals surface area contributed by atoms with Crippen molar-refractivity contribution in [3.8, 4) is 11.5 Å². The SMILES string of the molecule is O=C(NCc1ccc2c(c1)OCO2)[C@H](c1ccccc1)N(Cc1ccccc1)C(=O)Cc1ccccc1. The number of nitrogens with zero attached hydrogens (tertiary/aromatic N) is 1. The van der Waals surface area contributed by atoms with Gasteiger partial charge < -0.3 is 19.7 Å². The fourth-order valence-corrected chi connectivity index (χ4v) is 4.42. The molecule has 1 N–H and O–H groups in total. The van der Waals surface area contributed by atoms with Gasteiger partial charge in [-0.2, -0.15) is 0 Å². The Morgan fingerprint density at radius 1 is 0.730 bits per heavy atom. The molecule has 4 aromatic carbocycles. The van der Waals surface area contributed by atoms with Gasteiger partial charge in [-0.1, -0.05) is 97.1 Å². The number of benzene rings is 4. The third-order valence-electron chi connectivity index (χ3n) is 6.29. The van der Waals surface area contributed by atoms with E-state index in [4.69, 9.17) is 9.47 Å². The zero-order chi connectivity index (χ0) is 25.5. The highest BCUT2D eigenvalue weighted by Gasteiger charge is 2.31.